The third-order valence-corrected chi connectivity index (χ3v) is 3.67. The molecule has 3 heteroatoms. The Bertz CT molecular complexity index is 415. The molecule has 0 spiro atoms. The molecule has 1 unspecified atom stereocenters. The van der Waals surface area contributed by atoms with Crippen molar-refractivity contribution in [3.63, 3.8) is 0 Å². The number of aryl methyl sites for hydroxylation is 1. The van der Waals surface area contributed by atoms with Gasteiger partial charge in [-0.15, -0.1) is 0 Å². The van der Waals surface area contributed by atoms with Gasteiger partial charge in [-0.3, -0.25) is 0 Å². The lowest BCUT2D eigenvalue weighted by atomic mass is 9.89. The molecule has 2 N–H and O–H groups in total. The second kappa shape index (κ2) is 5.37. The zero-order valence-corrected chi connectivity index (χ0v) is 11.5. The van der Waals surface area contributed by atoms with Gasteiger partial charge in [-0.2, -0.15) is 0 Å². The van der Waals surface area contributed by atoms with E-state index in [9.17, 15) is 4.39 Å². The van der Waals surface area contributed by atoms with E-state index in [-0.39, 0.29) is 11.4 Å². The van der Waals surface area contributed by atoms with Gasteiger partial charge in [-0.1, -0.05) is 12.1 Å². The monoisotopic (exact) mass is 250 g/mol. The van der Waals surface area contributed by atoms with Gasteiger partial charge in [0.25, 0.3) is 0 Å². The van der Waals surface area contributed by atoms with Crippen LogP contribution in [-0.4, -0.2) is 18.1 Å². The first-order valence-electron chi connectivity index (χ1n) is 6.70. The van der Waals surface area contributed by atoms with Crippen LogP contribution in [0.4, 0.5) is 4.39 Å². The topological polar surface area (TPSA) is 24.1 Å². The maximum absolute atomic E-state index is 13.2. The van der Waals surface area contributed by atoms with E-state index >= 15 is 0 Å². The van der Waals surface area contributed by atoms with Gasteiger partial charge in [-0.25, -0.2) is 4.39 Å². The molecular formula is C15H23FN2. The molecule has 1 aromatic carbocycles. The lowest BCUT2D eigenvalue weighted by Crippen LogP contribution is -2.51. The quantitative estimate of drug-likeness (QED) is 0.862. The number of benzene rings is 1. The highest BCUT2D eigenvalue weighted by atomic mass is 19.1. The van der Waals surface area contributed by atoms with Gasteiger partial charge in [0.1, 0.15) is 5.82 Å². The van der Waals surface area contributed by atoms with E-state index in [0.717, 1.165) is 37.1 Å². The molecule has 2 nitrogen and oxygen atoms in total. The number of hydrogen-bond donors (Lipinski definition) is 2. The first-order valence-corrected chi connectivity index (χ1v) is 6.70. The highest BCUT2D eigenvalue weighted by Gasteiger charge is 2.26. The van der Waals surface area contributed by atoms with E-state index in [4.69, 9.17) is 0 Å². The third-order valence-electron chi connectivity index (χ3n) is 3.67. The zero-order valence-electron chi connectivity index (χ0n) is 11.5. The molecule has 2 rings (SSSR count). The minimum Gasteiger partial charge on any atom is -0.312 e. The Hall–Kier alpha value is -0.930. The molecule has 0 amide bonds. The van der Waals surface area contributed by atoms with Gasteiger partial charge < -0.3 is 10.6 Å². The first-order chi connectivity index (χ1) is 8.46. The van der Waals surface area contributed by atoms with Crippen molar-refractivity contribution in [1.29, 1.82) is 0 Å². The van der Waals surface area contributed by atoms with Crippen molar-refractivity contribution >= 4 is 0 Å². The van der Waals surface area contributed by atoms with Crippen LogP contribution in [0.25, 0.3) is 0 Å². The fraction of sp³-hybridized carbons (Fsp3) is 0.600. The summed E-state index contributed by atoms with van der Waals surface area (Å²) in [6.07, 6.45) is 2.29. The van der Waals surface area contributed by atoms with Gasteiger partial charge in [0.2, 0.25) is 0 Å². The van der Waals surface area contributed by atoms with Crippen LogP contribution in [0.5, 0.6) is 0 Å². The highest BCUT2D eigenvalue weighted by molar-refractivity contribution is 5.23. The normalized spacial score (nSPS) is 23.0. The smallest absolute Gasteiger partial charge is 0.126 e. The SMILES string of the molecule is Cc1cc(CNC2CCNC(C)(C)C2)ccc1F. The Labute approximate surface area is 109 Å². The van der Waals surface area contributed by atoms with Crippen LogP contribution >= 0.6 is 0 Å². The molecule has 1 atom stereocenters. The van der Waals surface area contributed by atoms with E-state index in [1.165, 1.54) is 0 Å². The van der Waals surface area contributed by atoms with E-state index in [1.807, 2.05) is 19.1 Å². The minimum atomic E-state index is -0.123. The van der Waals surface area contributed by atoms with Crippen LogP contribution in [0.2, 0.25) is 0 Å². The number of hydrogen-bond acceptors (Lipinski definition) is 2. The number of halogens is 1. The van der Waals surface area contributed by atoms with E-state index in [1.54, 1.807) is 6.07 Å². The summed E-state index contributed by atoms with van der Waals surface area (Å²) in [4.78, 5) is 0. The molecule has 1 aliphatic rings. The van der Waals surface area contributed by atoms with Gasteiger partial charge in [0.15, 0.2) is 0 Å². The van der Waals surface area contributed by atoms with Crippen molar-refractivity contribution in [3.8, 4) is 0 Å². The van der Waals surface area contributed by atoms with Crippen molar-refractivity contribution in [2.45, 2.75) is 51.7 Å². The lowest BCUT2D eigenvalue weighted by molar-refractivity contribution is 0.247. The van der Waals surface area contributed by atoms with Gasteiger partial charge >= 0.3 is 0 Å². The Morgan fingerprint density at radius 3 is 2.89 bits per heavy atom. The average Bonchev–Trinajstić information content (AvgIpc) is 2.29. The number of rotatable bonds is 3. The van der Waals surface area contributed by atoms with Crippen LogP contribution in [0.3, 0.4) is 0 Å². The summed E-state index contributed by atoms with van der Waals surface area (Å²) in [5, 5.41) is 7.09. The predicted molar refractivity (Wildman–Crippen MR) is 73.1 cm³/mol. The maximum atomic E-state index is 13.2. The highest BCUT2D eigenvalue weighted by Crippen LogP contribution is 2.19. The van der Waals surface area contributed by atoms with Crippen LogP contribution in [0.1, 0.15) is 37.8 Å². The molecular weight excluding hydrogens is 227 g/mol. The van der Waals surface area contributed by atoms with Gasteiger partial charge in [0, 0.05) is 18.1 Å². The first kappa shape index (κ1) is 13.5. The lowest BCUT2D eigenvalue weighted by Gasteiger charge is -2.37. The Balaban J connectivity index is 1.89. The van der Waals surface area contributed by atoms with Crippen molar-refractivity contribution in [3.05, 3.63) is 35.1 Å². The van der Waals surface area contributed by atoms with Gasteiger partial charge in [0.05, 0.1) is 0 Å². The predicted octanol–water partition coefficient (Wildman–Crippen LogP) is 2.75. The zero-order chi connectivity index (χ0) is 13.2. The van der Waals surface area contributed by atoms with Crippen LogP contribution in [0, 0.1) is 12.7 Å². The largest absolute Gasteiger partial charge is 0.312 e. The van der Waals surface area contributed by atoms with E-state index in [2.05, 4.69) is 24.5 Å². The summed E-state index contributed by atoms with van der Waals surface area (Å²) in [5.41, 5.74) is 2.10. The summed E-state index contributed by atoms with van der Waals surface area (Å²) < 4.78 is 13.2. The fourth-order valence-corrected chi connectivity index (χ4v) is 2.63. The molecule has 0 radical (unpaired) electrons. The van der Waals surface area contributed by atoms with Crippen LogP contribution in [-0.2, 0) is 6.54 Å². The van der Waals surface area contributed by atoms with Crippen LogP contribution in [0.15, 0.2) is 18.2 Å². The summed E-state index contributed by atoms with van der Waals surface area (Å²) >= 11 is 0. The Morgan fingerprint density at radius 2 is 2.22 bits per heavy atom. The summed E-state index contributed by atoms with van der Waals surface area (Å²) in [6, 6.07) is 5.89. The van der Waals surface area contributed by atoms with E-state index < -0.39 is 0 Å². The fourth-order valence-electron chi connectivity index (χ4n) is 2.63. The number of piperidine rings is 1. The van der Waals surface area contributed by atoms with E-state index in [0.29, 0.717) is 6.04 Å². The molecule has 0 aliphatic carbocycles. The molecule has 18 heavy (non-hydrogen) atoms. The second-order valence-corrected chi connectivity index (χ2v) is 5.96. The van der Waals surface area contributed by atoms with Gasteiger partial charge in [-0.05, 0) is 57.4 Å². The molecule has 0 aromatic heterocycles. The number of nitrogens with one attached hydrogen (secondary N) is 2. The van der Waals surface area contributed by atoms with Crippen LogP contribution < -0.4 is 10.6 Å². The van der Waals surface area contributed by atoms with Crippen molar-refractivity contribution in [2.75, 3.05) is 6.54 Å². The molecule has 100 valence electrons. The average molecular weight is 250 g/mol. The summed E-state index contributed by atoms with van der Waals surface area (Å²) in [7, 11) is 0. The Kier molecular flexibility index (Phi) is 4.03. The van der Waals surface area contributed by atoms with Crippen molar-refractivity contribution in [1.82, 2.24) is 10.6 Å². The Morgan fingerprint density at radius 1 is 1.44 bits per heavy atom. The standard InChI is InChI=1S/C15H23FN2/c1-11-8-12(4-5-14(11)16)10-17-13-6-7-18-15(2,3)9-13/h4-5,8,13,17-18H,6-7,9-10H2,1-3H3. The minimum absolute atomic E-state index is 0.123. The summed E-state index contributed by atoms with van der Waals surface area (Å²) in [6.45, 7) is 8.17. The molecule has 0 bridgehead atoms. The molecule has 0 saturated carbocycles. The van der Waals surface area contributed by atoms with Crippen molar-refractivity contribution < 1.29 is 4.39 Å². The summed E-state index contributed by atoms with van der Waals surface area (Å²) in [5.74, 6) is -0.123. The maximum Gasteiger partial charge on any atom is 0.126 e. The molecule has 1 aliphatic heterocycles. The van der Waals surface area contributed by atoms with Crippen molar-refractivity contribution in [2.24, 2.45) is 0 Å². The second-order valence-electron chi connectivity index (χ2n) is 5.96. The molecule has 1 aromatic rings. The molecule has 1 heterocycles. The molecule has 1 saturated heterocycles. The third kappa shape index (κ3) is 3.53. The molecule has 1 fully saturated rings.